The summed E-state index contributed by atoms with van der Waals surface area (Å²) in [4.78, 5) is 4.47. The average Bonchev–Trinajstić information content (AvgIpc) is 2.88. The van der Waals surface area contributed by atoms with Crippen molar-refractivity contribution in [3.8, 4) is 5.75 Å². The zero-order valence-corrected chi connectivity index (χ0v) is 11.7. The van der Waals surface area contributed by atoms with E-state index in [4.69, 9.17) is 15.8 Å². The van der Waals surface area contributed by atoms with E-state index >= 15 is 0 Å². The van der Waals surface area contributed by atoms with E-state index < -0.39 is 10.1 Å². The molecule has 19 heavy (non-hydrogen) atoms. The zero-order chi connectivity index (χ0) is 13.5. The molecule has 5 nitrogen and oxygen atoms in total. The second-order valence-electron chi connectivity index (χ2n) is 3.61. The zero-order valence-electron chi connectivity index (χ0n) is 9.36. The van der Waals surface area contributed by atoms with Crippen molar-refractivity contribution >= 4 is 38.0 Å². The lowest BCUT2D eigenvalue weighted by atomic mass is 10.3. The molecular weight excluding hydrogens is 308 g/mol. The first-order valence-electron chi connectivity index (χ1n) is 5.18. The largest absolute Gasteiger partial charge is 0.378 e. The Bertz CT molecular complexity index is 824. The fourth-order valence-corrected chi connectivity index (χ4v) is 3.96. The molecule has 2 aromatic heterocycles. The molecular formula is C11H7ClN2O3S2. The van der Waals surface area contributed by atoms with Gasteiger partial charge in [0.05, 0.1) is 0 Å². The molecule has 1 aromatic carbocycles. The minimum Gasteiger partial charge on any atom is -0.378 e. The van der Waals surface area contributed by atoms with Gasteiger partial charge in [-0.25, -0.2) is 4.98 Å². The Hall–Kier alpha value is -1.57. The number of halogens is 1. The molecule has 0 atom stereocenters. The van der Waals surface area contributed by atoms with E-state index in [0.29, 0.717) is 4.96 Å². The van der Waals surface area contributed by atoms with Crippen LogP contribution in [0, 0.1) is 0 Å². The van der Waals surface area contributed by atoms with Gasteiger partial charge in [-0.05, 0) is 12.1 Å². The Morgan fingerprint density at radius 1 is 1.26 bits per heavy atom. The standard InChI is InChI=1S/C11H7ClN2O3S2/c12-9-10(14-6-7-18-11(14)13-9)19(15,16)17-8-4-2-1-3-5-8/h1-7H. The number of hydrogen-bond acceptors (Lipinski definition) is 5. The highest BCUT2D eigenvalue weighted by molar-refractivity contribution is 7.87. The number of imidazole rings is 1. The number of para-hydroxylation sites is 1. The molecule has 2 heterocycles. The molecule has 0 radical (unpaired) electrons. The van der Waals surface area contributed by atoms with Crippen molar-refractivity contribution in [3.63, 3.8) is 0 Å². The van der Waals surface area contributed by atoms with Gasteiger partial charge in [0.1, 0.15) is 5.75 Å². The Labute approximate surface area is 118 Å². The van der Waals surface area contributed by atoms with Gasteiger partial charge in [-0.1, -0.05) is 29.8 Å². The monoisotopic (exact) mass is 314 g/mol. The van der Waals surface area contributed by atoms with Crippen molar-refractivity contribution in [1.29, 1.82) is 0 Å². The van der Waals surface area contributed by atoms with Crippen LogP contribution >= 0.6 is 22.9 Å². The third-order valence-corrected chi connectivity index (χ3v) is 4.77. The summed E-state index contributed by atoms with van der Waals surface area (Å²) in [5.74, 6) is 0.226. The van der Waals surface area contributed by atoms with Crippen LogP contribution in [-0.4, -0.2) is 17.8 Å². The Morgan fingerprint density at radius 2 is 2.00 bits per heavy atom. The van der Waals surface area contributed by atoms with Crippen LogP contribution < -0.4 is 4.18 Å². The quantitative estimate of drug-likeness (QED) is 0.697. The van der Waals surface area contributed by atoms with Crippen molar-refractivity contribution < 1.29 is 12.6 Å². The Kier molecular flexibility index (Phi) is 2.96. The van der Waals surface area contributed by atoms with Crippen LogP contribution in [-0.2, 0) is 10.1 Å². The topological polar surface area (TPSA) is 60.7 Å². The average molecular weight is 315 g/mol. The lowest BCUT2D eigenvalue weighted by molar-refractivity contribution is 0.481. The number of aromatic nitrogens is 2. The second kappa shape index (κ2) is 4.52. The summed E-state index contributed by atoms with van der Waals surface area (Å²) in [6.45, 7) is 0. The fourth-order valence-electron chi connectivity index (χ4n) is 1.60. The van der Waals surface area contributed by atoms with Crippen molar-refractivity contribution in [2.24, 2.45) is 0 Å². The normalized spacial score (nSPS) is 11.8. The Balaban J connectivity index is 2.10. The molecule has 0 N–H and O–H groups in total. The summed E-state index contributed by atoms with van der Waals surface area (Å²) in [5.41, 5.74) is 0. The number of fused-ring (bicyclic) bond motifs is 1. The summed E-state index contributed by atoms with van der Waals surface area (Å²) < 4.78 is 30.9. The van der Waals surface area contributed by atoms with E-state index in [1.807, 2.05) is 0 Å². The number of rotatable bonds is 3. The molecule has 0 saturated carbocycles. The number of thiazole rings is 1. The highest BCUT2D eigenvalue weighted by Crippen LogP contribution is 2.27. The van der Waals surface area contributed by atoms with E-state index in [1.165, 1.54) is 15.7 Å². The van der Waals surface area contributed by atoms with Gasteiger partial charge < -0.3 is 4.18 Å². The third-order valence-electron chi connectivity index (χ3n) is 2.36. The van der Waals surface area contributed by atoms with E-state index in [1.54, 1.807) is 41.9 Å². The first-order valence-corrected chi connectivity index (χ1v) is 7.85. The third kappa shape index (κ3) is 2.20. The number of nitrogens with zero attached hydrogens (tertiary/aromatic N) is 2. The van der Waals surface area contributed by atoms with Crippen LogP contribution in [0.25, 0.3) is 4.96 Å². The van der Waals surface area contributed by atoms with Crippen LogP contribution in [0.2, 0.25) is 5.15 Å². The van der Waals surface area contributed by atoms with Crippen LogP contribution in [0.15, 0.2) is 46.9 Å². The summed E-state index contributed by atoms with van der Waals surface area (Å²) in [6, 6.07) is 8.24. The fraction of sp³-hybridized carbons (Fsp3) is 0. The maximum absolute atomic E-state index is 12.2. The minimum atomic E-state index is -4.02. The van der Waals surface area contributed by atoms with Crippen LogP contribution in [0.3, 0.4) is 0 Å². The molecule has 8 heteroatoms. The van der Waals surface area contributed by atoms with Gasteiger partial charge in [-0.2, -0.15) is 8.42 Å². The predicted molar refractivity (Wildman–Crippen MR) is 72.3 cm³/mol. The molecule has 0 spiro atoms. The van der Waals surface area contributed by atoms with Crippen molar-refractivity contribution in [2.75, 3.05) is 0 Å². The summed E-state index contributed by atoms with van der Waals surface area (Å²) in [5, 5.41) is 1.47. The molecule has 0 saturated heterocycles. The summed E-state index contributed by atoms with van der Waals surface area (Å²) in [6.07, 6.45) is 1.58. The maximum Gasteiger partial charge on any atom is 0.358 e. The van der Waals surface area contributed by atoms with Gasteiger partial charge in [0, 0.05) is 11.6 Å². The first kappa shape index (κ1) is 12.5. The van der Waals surface area contributed by atoms with E-state index in [2.05, 4.69) is 4.98 Å². The summed E-state index contributed by atoms with van der Waals surface area (Å²) in [7, 11) is -4.02. The molecule has 0 aliphatic rings. The number of hydrogen-bond donors (Lipinski definition) is 0. The summed E-state index contributed by atoms with van der Waals surface area (Å²) >= 11 is 7.17. The lowest BCUT2D eigenvalue weighted by Gasteiger charge is -2.05. The second-order valence-corrected chi connectivity index (χ2v) is 6.31. The molecule has 98 valence electrons. The maximum atomic E-state index is 12.2. The highest BCUT2D eigenvalue weighted by atomic mass is 35.5. The molecule has 3 rings (SSSR count). The minimum absolute atomic E-state index is 0.0946. The van der Waals surface area contributed by atoms with Crippen LogP contribution in [0.5, 0.6) is 5.75 Å². The van der Waals surface area contributed by atoms with Gasteiger partial charge in [0.25, 0.3) is 0 Å². The SMILES string of the molecule is O=S(=O)(Oc1ccccc1)c1c(Cl)nc2sccn12. The van der Waals surface area contributed by atoms with Crippen molar-refractivity contribution in [2.45, 2.75) is 5.03 Å². The lowest BCUT2D eigenvalue weighted by Crippen LogP contribution is -2.12. The molecule has 0 unspecified atom stereocenters. The van der Waals surface area contributed by atoms with Gasteiger partial charge in [-0.15, -0.1) is 11.3 Å². The molecule has 0 fully saturated rings. The molecule has 3 aromatic rings. The smallest absolute Gasteiger partial charge is 0.358 e. The van der Waals surface area contributed by atoms with Gasteiger partial charge in [-0.3, -0.25) is 4.40 Å². The predicted octanol–water partition coefficient (Wildman–Crippen LogP) is 2.82. The van der Waals surface area contributed by atoms with Gasteiger partial charge in [0.15, 0.2) is 10.1 Å². The van der Waals surface area contributed by atoms with Crippen molar-refractivity contribution in [3.05, 3.63) is 47.1 Å². The molecule has 0 amide bonds. The van der Waals surface area contributed by atoms with Crippen LogP contribution in [0.1, 0.15) is 0 Å². The van der Waals surface area contributed by atoms with E-state index in [9.17, 15) is 8.42 Å². The van der Waals surface area contributed by atoms with E-state index in [-0.39, 0.29) is 15.9 Å². The van der Waals surface area contributed by atoms with Crippen molar-refractivity contribution in [1.82, 2.24) is 9.38 Å². The molecule has 0 bridgehead atoms. The van der Waals surface area contributed by atoms with Crippen LogP contribution in [0.4, 0.5) is 0 Å². The Morgan fingerprint density at radius 3 is 2.74 bits per heavy atom. The molecule has 0 aliphatic carbocycles. The molecule has 0 aliphatic heterocycles. The highest BCUT2D eigenvalue weighted by Gasteiger charge is 2.27. The first-order chi connectivity index (χ1) is 9.08. The number of benzene rings is 1. The van der Waals surface area contributed by atoms with E-state index in [0.717, 1.165) is 0 Å². The van der Waals surface area contributed by atoms with Gasteiger partial charge in [0.2, 0.25) is 5.03 Å². The van der Waals surface area contributed by atoms with Gasteiger partial charge >= 0.3 is 10.1 Å².